The zero-order chi connectivity index (χ0) is 15.4. The SMILES string of the molecule is NNc1ccc(CN2CCCC(C(N)=O)C2)cc1[N+](=O)[O-]. The van der Waals surface area contributed by atoms with Crippen molar-refractivity contribution in [3.05, 3.63) is 33.9 Å². The number of primary amides is 1. The first-order chi connectivity index (χ1) is 10.0. The van der Waals surface area contributed by atoms with Crippen LogP contribution in [0.1, 0.15) is 18.4 Å². The van der Waals surface area contributed by atoms with Crippen LogP contribution in [0.5, 0.6) is 0 Å². The van der Waals surface area contributed by atoms with Gasteiger partial charge in [-0.3, -0.25) is 25.7 Å². The number of carbonyl (C=O) groups is 1. The van der Waals surface area contributed by atoms with Gasteiger partial charge in [0.1, 0.15) is 5.69 Å². The molecule has 1 aromatic rings. The van der Waals surface area contributed by atoms with Gasteiger partial charge in [-0.25, -0.2) is 0 Å². The van der Waals surface area contributed by atoms with Crippen LogP contribution in [0.25, 0.3) is 0 Å². The minimum Gasteiger partial charge on any atom is -0.369 e. The average Bonchev–Trinajstić information content (AvgIpc) is 2.47. The minimum absolute atomic E-state index is 0.0570. The molecular formula is C13H19N5O3. The molecule has 1 heterocycles. The molecular weight excluding hydrogens is 274 g/mol. The van der Waals surface area contributed by atoms with Gasteiger partial charge in [-0.15, -0.1) is 0 Å². The Labute approximate surface area is 122 Å². The fourth-order valence-corrected chi connectivity index (χ4v) is 2.64. The van der Waals surface area contributed by atoms with Crippen LogP contribution >= 0.6 is 0 Å². The lowest BCUT2D eigenvalue weighted by atomic mass is 9.97. The number of nitrogens with one attached hydrogen (secondary N) is 1. The predicted molar refractivity (Wildman–Crippen MR) is 78.1 cm³/mol. The first-order valence-corrected chi connectivity index (χ1v) is 6.77. The van der Waals surface area contributed by atoms with E-state index in [1.807, 2.05) is 0 Å². The number of carbonyl (C=O) groups excluding carboxylic acids is 1. The van der Waals surface area contributed by atoms with Gasteiger partial charge in [0.25, 0.3) is 5.69 Å². The minimum atomic E-state index is -0.471. The van der Waals surface area contributed by atoms with Gasteiger partial charge in [0.15, 0.2) is 0 Å². The van der Waals surface area contributed by atoms with Crippen molar-refractivity contribution in [2.75, 3.05) is 18.5 Å². The molecule has 5 N–H and O–H groups in total. The summed E-state index contributed by atoms with van der Waals surface area (Å²) in [7, 11) is 0. The molecule has 1 aliphatic heterocycles. The Bertz CT molecular complexity index is 549. The number of nitrogens with zero attached hydrogens (tertiary/aromatic N) is 2. The van der Waals surface area contributed by atoms with Crippen LogP contribution in [0.4, 0.5) is 11.4 Å². The number of anilines is 1. The fourth-order valence-electron chi connectivity index (χ4n) is 2.64. The zero-order valence-corrected chi connectivity index (χ0v) is 11.6. The molecule has 0 aliphatic carbocycles. The second-order valence-corrected chi connectivity index (χ2v) is 5.23. The molecule has 1 saturated heterocycles. The summed E-state index contributed by atoms with van der Waals surface area (Å²) in [5.41, 5.74) is 8.69. The van der Waals surface area contributed by atoms with Crippen LogP contribution in [-0.4, -0.2) is 28.8 Å². The van der Waals surface area contributed by atoms with Crippen molar-refractivity contribution >= 4 is 17.3 Å². The average molecular weight is 293 g/mol. The van der Waals surface area contributed by atoms with Gasteiger partial charge in [0.2, 0.25) is 5.91 Å². The fraction of sp³-hybridized carbons (Fsp3) is 0.462. The maximum atomic E-state index is 11.3. The van der Waals surface area contributed by atoms with E-state index in [0.717, 1.165) is 24.9 Å². The highest BCUT2D eigenvalue weighted by atomic mass is 16.6. The lowest BCUT2D eigenvalue weighted by molar-refractivity contribution is -0.384. The molecule has 21 heavy (non-hydrogen) atoms. The van der Waals surface area contributed by atoms with Crippen molar-refractivity contribution in [3.8, 4) is 0 Å². The third kappa shape index (κ3) is 3.67. The summed E-state index contributed by atoms with van der Waals surface area (Å²) in [6, 6.07) is 4.88. The van der Waals surface area contributed by atoms with Gasteiger partial charge in [0, 0.05) is 19.2 Å². The standard InChI is InChI=1S/C13H19N5O3/c14-13(19)10-2-1-5-17(8-10)7-9-3-4-11(16-15)12(6-9)18(20)21/h3-4,6,10,16H,1-2,5,7-8,15H2,(H2,14,19). The molecule has 0 bridgehead atoms. The number of nitrogens with two attached hydrogens (primary N) is 2. The van der Waals surface area contributed by atoms with E-state index in [-0.39, 0.29) is 23.2 Å². The van der Waals surface area contributed by atoms with E-state index in [1.54, 1.807) is 12.1 Å². The van der Waals surface area contributed by atoms with Gasteiger partial charge in [-0.2, -0.15) is 0 Å². The van der Waals surface area contributed by atoms with E-state index in [9.17, 15) is 14.9 Å². The Hall–Kier alpha value is -2.19. The third-order valence-electron chi connectivity index (χ3n) is 3.73. The molecule has 1 atom stereocenters. The number of nitrogen functional groups attached to an aromatic ring is 1. The topological polar surface area (TPSA) is 128 Å². The molecule has 8 nitrogen and oxygen atoms in total. The first kappa shape index (κ1) is 15.2. The van der Waals surface area contributed by atoms with Crippen LogP contribution < -0.4 is 17.0 Å². The van der Waals surface area contributed by atoms with Crippen molar-refractivity contribution in [2.24, 2.45) is 17.5 Å². The number of piperidine rings is 1. The Balaban J connectivity index is 2.10. The van der Waals surface area contributed by atoms with Crippen molar-refractivity contribution < 1.29 is 9.72 Å². The summed E-state index contributed by atoms with van der Waals surface area (Å²) < 4.78 is 0. The summed E-state index contributed by atoms with van der Waals surface area (Å²) in [6.07, 6.45) is 1.71. The molecule has 1 fully saturated rings. The Morgan fingerprint density at radius 1 is 1.52 bits per heavy atom. The summed E-state index contributed by atoms with van der Waals surface area (Å²) in [4.78, 5) is 23.9. The molecule has 1 amide bonds. The summed E-state index contributed by atoms with van der Waals surface area (Å²) >= 11 is 0. The molecule has 8 heteroatoms. The monoisotopic (exact) mass is 293 g/mol. The molecule has 0 aromatic heterocycles. The largest absolute Gasteiger partial charge is 0.369 e. The number of rotatable bonds is 5. The Morgan fingerprint density at radius 2 is 2.29 bits per heavy atom. The Kier molecular flexibility index (Phi) is 4.71. The van der Waals surface area contributed by atoms with E-state index in [2.05, 4.69) is 10.3 Å². The molecule has 114 valence electrons. The second kappa shape index (κ2) is 6.51. The van der Waals surface area contributed by atoms with Gasteiger partial charge in [-0.1, -0.05) is 6.07 Å². The van der Waals surface area contributed by atoms with Crippen molar-refractivity contribution in [2.45, 2.75) is 19.4 Å². The maximum Gasteiger partial charge on any atom is 0.293 e. The molecule has 1 aliphatic rings. The van der Waals surface area contributed by atoms with E-state index in [0.29, 0.717) is 13.1 Å². The number of amides is 1. The van der Waals surface area contributed by atoms with Crippen molar-refractivity contribution in [3.63, 3.8) is 0 Å². The smallest absolute Gasteiger partial charge is 0.293 e. The van der Waals surface area contributed by atoms with Gasteiger partial charge >= 0.3 is 0 Å². The highest BCUT2D eigenvalue weighted by molar-refractivity contribution is 5.76. The van der Waals surface area contributed by atoms with Crippen LogP contribution in [0.3, 0.4) is 0 Å². The number of nitro groups is 1. The second-order valence-electron chi connectivity index (χ2n) is 5.23. The van der Waals surface area contributed by atoms with Gasteiger partial charge < -0.3 is 11.2 Å². The lowest BCUT2D eigenvalue weighted by Gasteiger charge is -2.31. The molecule has 1 aromatic carbocycles. The third-order valence-corrected chi connectivity index (χ3v) is 3.73. The highest BCUT2D eigenvalue weighted by Crippen LogP contribution is 2.26. The molecule has 1 unspecified atom stereocenters. The van der Waals surface area contributed by atoms with Crippen LogP contribution in [0, 0.1) is 16.0 Å². The normalized spacial score (nSPS) is 19.2. The van der Waals surface area contributed by atoms with E-state index in [1.165, 1.54) is 6.07 Å². The molecule has 0 saturated carbocycles. The molecule has 0 spiro atoms. The number of nitro benzene ring substituents is 1. The molecule has 0 radical (unpaired) electrons. The maximum absolute atomic E-state index is 11.3. The van der Waals surface area contributed by atoms with Gasteiger partial charge in [0.05, 0.1) is 10.8 Å². The number of benzene rings is 1. The lowest BCUT2D eigenvalue weighted by Crippen LogP contribution is -2.40. The zero-order valence-electron chi connectivity index (χ0n) is 11.6. The van der Waals surface area contributed by atoms with Crippen LogP contribution in [-0.2, 0) is 11.3 Å². The van der Waals surface area contributed by atoms with Crippen molar-refractivity contribution in [1.29, 1.82) is 0 Å². The van der Waals surface area contributed by atoms with Crippen LogP contribution in [0.2, 0.25) is 0 Å². The predicted octanol–water partition coefficient (Wildman–Crippen LogP) is 0.578. The summed E-state index contributed by atoms with van der Waals surface area (Å²) in [5.74, 6) is 4.83. The highest BCUT2D eigenvalue weighted by Gasteiger charge is 2.24. The van der Waals surface area contributed by atoms with E-state index in [4.69, 9.17) is 11.6 Å². The number of likely N-dealkylation sites (tertiary alicyclic amines) is 1. The van der Waals surface area contributed by atoms with E-state index < -0.39 is 4.92 Å². The summed E-state index contributed by atoms with van der Waals surface area (Å²) in [6.45, 7) is 2.00. The van der Waals surface area contributed by atoms with Crippen LogP contribution in [0.15, 0.2) is 18.2 Å². The number of hydrogen-bond acceptors (Lipinski definition) is 6. The quantitative estimate of drug-likeness (QED) is 0.414. The Morgan fingerprint density at radius 3 is 2.90 bits per heavy atom. The van der Waals surface area contributed by atoms with Crippen molar-refractivity contribution in [1.82, 2.24) is 4.90 Å². The van der Waals surface area contributed by atoms with Gasteiger partial charge in [-0.05, 0) is 31.0 Å². The number of hydrogen-bond donors (Lipinski definition) is 3. The van der Waals surface area contributed by atoms with E-state index >= 15 is 0 Å². The molecule has 2 rings (SSSR count). The number of hydrazine groups is 1. The summed E-state index contributed by atoms with van der Waals surface area (Å²) in [5, 5.41) is 11.0. The first-order valence-electron chi connectivity index (χ1n) is 6.77.